The van der Waals surface area contributed by atoms with Gasteiger partial charge in [-0.1, -0.05) is 0 Å². The van der Waals surface area contributed by atoms with Crippen LogP contribution in [0.1, 0.15) is 19.3 Å². The average molecular weight is 255 g/mol. The van der Waals surface area contributed by atoms with Crippen molar-refractivity contribution in [3.63, 3.8) is 0 Å². The fraction of sp³-hybridized carbons (Fsp3) is 0.778. The van der Waals surface area contributed by atoms with E-state index in [2.05, 4.69) is 0 Å². The van der Waals surface area contributed by atoms with Crippen LogP contribution in [0.5, 0.6) is 0 Å². The molecule has 0 aromatic heterocycles. The molecule has 5 nitrogen and oxygen atoms in total. The highest BCUT2D eigenvalue weighted by Crippen LogP contribution is 2.26. The molecule has 0 unspecified atom stereocenters. The molecule has 0 saturated carbocycles. The third kappa shape index (κ3) is 3.88. The van der Waals surface area contributed by atoms with Gasteiger partial charge in [-0.25, -0.2) is 0 Å². The molecule has 0 spiro atoms. The number of carboxylic acids is 1. The summed E-state index contributed by atoms with van der Waals surface area (Å²) in [6.07, 6.45) is -5.44. The van der Waals surface area contributed by atoms with Gasteiger partial charge in [-0.05, 0) is 12.8 Å². The van der Waals surface area contributed by atoms with Gasteiger partial charge >= 0.3 is 18.1 Å². The zero-order valence-electron chi connectivity index (χ0n) is 8.84. The van der Waals surface area contributed by atoms with Crippen LogP contribution in [0.2, 0.25) is 0 Å². The quantitative estimate of drug-likeness (QED) is 0.778. The molecule has 0 aromatic rings. The summed E-state index contributed by atoms with van der Waals surface area (Å²) in [5, 5.41) is 10.5. The molecule has 1 fully saturated rings. The summed E-state index contributed by atoms with van der Waals surface area (Å²) >= 11 is 0. The number of hydrogen-bond donors (Lipinski definition) is 2. The van der Waals surface area contributed by atoms with E-state index in [9.17, 15) is 22.8 Å². The van der Waals surface area contributed by atoms with E-state index in [1.807, 2.05) is 0 Å². The van der Waals surface area contributed by atoms with E-state index in [-0.39, 0.29) is 26.1 Å². The summed E-state index contributed by atoms with van der Waals surface area (Å²) in [6, 6.07) is 0. The van der Waals surface area contributed by atoms with Crippen LogP contribution in [0.15, 0.2) is 0 Å². The average Bonchev–Trinajstić information content (AvgIpc) is 2.15. The van der Waals surface area contributed by atoms with Crippen LogP contribution in [0.3, 0.4) is 0 Å². The van der Waals surface area contributed by atoms with Gasteiger partial charge in [0.1, 0.15) is 0 Å². The molecule has 17 heavy (non-hydrogen) atoms. The number of carbonyl (C=O) groups excluding carboxylic acids is 1. The van der Waals surface area contributed by atoms with Crippen molar-refractivity contribution in [2.75, 3.05) is 13.2 Å². The van der Waals surface area contributed by atoms with Gasteiger partial charge in [-0.2, -0.15) is 13.2 Å². The largest absolute Gasteiger partial charge is 0.481 e. The van der Waals surface area contributed by atoms with Gasteiger partial charge in [0, 0.05) is 13.2 Å². The molecule has 0 radical (unpaired) electrons. The Morgan fingerprint density at radius 2 is 1.82 bits per heavy atom. The highest BCUT2D eigenvalue weighted by molar-refractivity contribution is 5.83. The molecule has 0 bridgehead atoms. The number of ether oxygens (including phenoxy) is 1. The van der Waals surface area contributed by atoms with Gasteiger partial charge in [-0.3, -0.25) is 9.59 Å². The second kappa shape index (κ2) is 4.91. The second-order valence-electron chi connectivity index (χ2n) is 3.92. The fourth-order valence-corrected chi connectivity index (χ4v) is 1.71. The Labute approximate surface area is 94.9 Å². The molecule has 2 N–H and O–H groups in total. The second-order valence-corrected chi connectivity index (χ2v) is 3.92. The Balaban J connectivity index is 2.76. The molecular formula is C9H12F3NO4. The molecular weight excluding hydrogens is 243 g/mol. The van der Waals surface area contributed by atoms with E-state index in [0.717, 1.165) is 0 Å². The van der Waals surface area contributed by atoms with E-state index in [0.29, 0.717) is 0 Å². The van der Waals surface area contributed by atoms with Crippen LogP contribution in [0.4, 0.5) is 13.2 Å². The third-order valence-corrected chi connectivity index (χ3v) is 2.58. The van der Waals surface area contributed by atoms with Crippen molar-refractivity contribution in [1.82, 2.24) is 5.32 Å². The summed E-state index contributed by atoms with van der Waals surface area (Å²) in [6.45, 7) is 0.261. The number of hydrogen-bond acceptors (Lipinski definition) is 3. The van der Waals surface area contributed by atoms with Crippen LogP contribution in [0, 0.1) is 0 Å². The first-order chi connectivity index (χ1) is 7.75. The minimum Gasteiger partial charge on any atom is -0.481 e. The molecule has 0 atom stereocenters. The first-order valence-electron chi connectivity index (χ1n) is 4.94. The molecule has 1 aliphatic heterocycles. The van der Waals surface area contributed by atoms with Crippen LogP contribution in [0.25, 0.3) is 0 Å². The molecule has 0 aromatic carbocycles. The van der Waals surface area contributed by atoms with Gasteiger partial charge in [0.25, 0.3) is 0 Å². The molecule has 98 valence electrons. The van der Waals surface area contributed by atoms with Gasteiger partial charge in [-0.15, -0.1) is 0 Å². The molecule has 1 aliphatic rings. The van der Waals surface area contributed by atoms with Gasteiger partial charge in [0.05, 0.1) is 12.0 Å². The zero-order chi connectivity index (χ0) is 13.1. The lowest BCUT2D eigenvalue weighted by Gasteiger charge is -2.36. The molecule has 0 aliphatic carbocycles. The highest BCUT2D eigenvalue weighted by Gasteiger charge is 2.45. The number of rotatable bonds is 3. The van der Waals surface area contributed by atoms with Crippen LogP contribution < -0.4 is 5.32 Å². The SMILES string of the molecule is O=C(O)CC1(NC(=O)C(F)(F)F)CCOCC1. The number of aliphatic carboxylic acids is 1. The van der Waals surface area contributed by atoms with Crippen molar-refractivity contribution < 1.29 is 32.6 Å². The predicted molar refractivity (Wildman–Crippen MR) is 49.2 cm³/mol. The van der Waals surface area contributed by atoms with Crippen LogP contribution in [-0.4, -0.2) is 41.9 Å². The Bertz CT molecular complexity index is 310. The first-order valence-corrected chi connectivity index (χ1v) is 4.94. The summed E-state index contributed by atoms with van der Waals surface area (Å²) in [5.41, 5.74) is -1.36. The summed E-state index contributed by atoms with van der Waals surface area (Å²) in [5.74, 6) is -3.37. The predicted octanol–water partition coefficient (Wildman–Crippen LogP) is 0.689. The number of amides is 1. The summed E-state index contributed by atoms with van der Waals surface area (Å²) in [7, 11) is 0. The lowest BCUT2D eigenvalue weighted by Crippen LogP contribution is -2.56. The number of nitrogens with one attached hydrogen (secondary N) is 1. The van der Waals surface area contributed by atoms with E-state index >= 15 is 0 Å². The number of alkyl halides is 3. The number of carboxylic acid groups (broad SMARTS) is 1. The van der Waals surface area contributed by atoms with Crippen LogP contribution >= 0.6 is 0 Å². The maximum atomic E-state index is 12.1. The fourth-order valence-electron chi connectivity index (χ4n) is 1.71. The summed E-state index contributed by atoms with van der Waals surface area (Å²) < 4.78 is 41.3. The number of halogens is 3. The van der Waals surface area contributed by atoms with Crippen molar-refractivity contribution in [3.8, 4) is 0 Å². The Morgan fingerprint density at radius 3 is 2.24 bits per heavy atom. The van der Waals surface area contributed by atoms with E-state index in [4.69, 9.17) is 9.84 Å². The maximum Gasteiger partial charge on any atom is 0.471 e. The van der Waals surface area contributed by atoms with Gasteiger partial charge in [0.15, 0.2) is 0 Å². The van der Waals surface area contributed by atoms with E-state index in [1.165, 1.54) is 0 Å². The normalized spacial score (nSPS) is 19.7. The zero-order valence-corrected chi connectivity index (χ0v) is 8.84. The minimum absolute atomic E-state index is 0.0567. The maximum absolute atomic E-state index is 12.1. The van der Waals surface area contributed by atoms with Crippen LogP contribution in [-0.2, 0) is 14.3 Å². The Kier molecular flexibility index (Phi) is 3.97. The lowest BCUT2D eigenvalue weighted by molar-refractivity contribution is -0.177. The highest BCUT2D eigenvalue weighted by atomic mass is 19.4. The third-order valence-electron chi connectivity index (χ3n) is 2.58. The molecule has 8 heteroatoms. The summed E-state index contributed by atoms with van der Waals surface area (Å²) in [4.78, 5) is 21.5. The molecule has 1 amide bonds. The van der Waals surface area contributed by atoms with E-state index < -0.39 is 30.0 Å². The molecule has 1 heterocycles. The molecule has 1 rings (SSSR count). The van der Waals surface area contributed by atoms with Crippen molar-refractivity contribution >= 4 is 11.9 Å². The van der Waals surface area contributed by atoms with Gasteiger partial charge in [0.2, 0.25) is 0 Å². The van der Waals surface area contributed by atoms with Crippen molar-refractivity contribution in [3.05, 3.63) is 0 Å². The van der Waals surface area contributed by atoms with Crippen molar-refractivity contribution in [1.29, 1.82) is 0 Å². The molecule has 1 saturated heterocycles. The topological polar surface area (TPSA) is 75.6 Å². The standard InChI is InChI=1S/C9H12F3NO4/c10-9(11,12)7(16)13-8(5-6(14)15)1-3-17-4-2-8/h1-5H2,(H,13,16)(H,14,15). The monoisotopic (exact) mass is 255 g/mol. The van der Waals surface area contributed by atoms with Crippen molar-refractivity contribution in [2.45, 2.75) is 31.0 Å². The van der Waals surface area contributed by atoms with Gasteiger partial charge < -0.3 is 15.2 Å². The van der Waals surface area contributed by atoms with E-state index in [1.54, 1.807) is 5.32 Å². The minimum atomic E-state index is -5.01. The number of carbonyl (C=O) groups is 2. The lowest BCUT2D eigenvalue weighted by atomic mass is 9.86. The van der Waals surface area contributed by atoms with Crippen molar-refractivity contribution in [2.24, 2.45) is 0 Å². The Hall–Kier alpha value is -1.31. The first kappa shape index (κ1) is 13.8. The smallest absolute Gasteiger partial charge is 0.471 e. The Morgan fingerprint density at radius 1 is 1.29 bits per heavy atom.